The molecule has 0 aliphatic heterocycles. The highest BCUT2D eigenvalue weighted by molar-refractivity contribution is 6.04. The van der Waals surface area contributed by atoms with Gasteiger partial charge >= 0.3 is 17.9 Å². The maximum absolute atomic E-state index is 11.4. The van der Waals surface area contributed by atoms with Gasteiger partial charge in [-0.25, -0.2) is 14.4 Å². The van der Waals surface area contributed by atoms with Crippen LogP contribution >= 0.6 is 0 Å². The van der Waals surface area contributed by atoms with Crippen LogP contribution in [0.1, 0.15) is 33.2 Å². The molecule has 0 spiro atoms. The molecule has 0 fully saturated rings. The largest absolute Gasteiger partial charge is 0.493 e. The van der Waals surface area contributed by atoms with Crippen LogP contribution in [0.4, 0.5) is 0 Å². The maximum atomic E-state index is 11.4. The zero-order chi connectivity index (χ0) is 16.7. The smallest absolute Gasteiger partial charge is 0.340 e. The molecule has 0 aliphatic carbocycles. The van der Waals surface area contributed by atoms with E-state index in [9.17, 15) is 19.5 Å². The van der Waals surface area contributed by atoms with Gasteiger partial charge < -0.3 is 19.7 Å². The molecule has 1 aromatic carbocycles. The van der Waals surface area contributed by atoms with Crippen molar-refractivity contribution >= 4 is 17.9 Å². The second-order valence-electron chi connectivity index (χ2n) is 4.14. The molecule has 0 aliphatic rings. The Labute approximate surface area is 126 Å². The molecule has 7 nitrogen and oxygen atoms in total. The normalized spacial score (nSPS) is 9.86. The standard InChI is InChI=1S/C15H16O7/c1-3-11(16)22-8-7-9-5-6-10(14(17)18)12(15(19)20)13(9)21-4-2/h3,5-6H,1,4,7-8H2,2H3,(H,17,18)(H,19,20). The third-order valence-corrected chi connectivity index (χ3v) is 2.75. The molecule has 118 valence electrons. The van der Waals surface area contributed by atoms with Gasteiger partial charge in [-0.05, 0) is 18.6 Å². The quantitative estimate of drug-likeness (QED) is 0.556. The summed E-state index contributed by atoms with van der Waals surface area (Å²) in [6, 6.07) is 2.64. The number of carboxylic acids is 2. The van der Waals surface area contributed by atoms with E-state index in [2.05, 4.69) is 6.58 Å². The summed E-state index contributed by atoms with van der Waals surface area (Å²) in [5.41, 5.74) is -0.328. The predicted molar refractivity (Wildman–Crippen MR) is 76.4 cm³/mol. The Morgan fingerprint density at radius 3 is 2.41 bits per heavy atom. The molecule has 7 heteroatoms. The molecule has 0 aromatic heterocycles. The molecular weight excluding hydrogens is 292 g/mol. The van der Waals surface area contributed by atoms with Crippen LogP contribution in [-0.2, 0) is 16.0 Å². The first kappa shape index (κ1) is 17.2. The molecule has 0 unspecified atom stereocenters. The topological polar surface area (TPSA) is 110 Å². The number of esters is 1. The molecule has 1 aromatic rings. The van der Waals surface area contributed by atoms with E-state index in [1.54, 1.807) is 6.92 Å². The van der Waals surface area contributed by atoms with Crippen molar-refractivity contribution in [1.82, 2.24) is 0 Å². The van der Waals surface area contributed by atoms with Gasteiger partial charge in [0.2, 0.25) is 0 Å². The molecule has 0 atom stereocenters. The highest BCUT2D eigenvalue weighted by Crippen LogP contribution is 2.28. The van der Waals surface area contributed by atoms with Gasteiger partial charge in [-0.15, -0.1) is 0 Å². The molecule has 0 radical (unpaired) electrons. The summed E-state index contributed by atoms with van der Waals surface area (Å²) in [7, 11) is 0. The van der Waals surface area contributed by atoms with Crippen molar-refractivity contribution in [3.63, 3.8) is 0 Å². The van der Waals surface area contributed by atoms with Gasteiger partial charge in [0.05, 0.1) is 18.8 Å². The van der Waals surface area contributed by atoms with Crippen LogP contribution in [0.25, 0.3) is 0 Å². The Hall–Kier alpha value is -2.83. The number of rotatable bonds is 8. The first-order chi connectivity index (χ1) is 10.4. The number of benzene rings is 1. The molecule has 2 N–H and O–H groups in total. The molecule has 0 amide bonds. The number of carboxylic acid groups (broad SMARTS) is 2. The summed E-state index contributed by atoms with van der Waals surface area (Å²) >= 11 is 0. The van der Waals surface area contributed by atoms with Gasteiger partial charge in [-0.1, -0.05) is 12.6 Å². The van der Waals surface area contributed by atoms with Crippen LogP contribution in [0, 0.1) is 0 Å². The van der Waals surface area contributed by atoms with Crippen molar-refractivity contribution in [3.8, 4) is 5.75 Å². The van der Waals surface area contributed by atoms with E-state index in [1.807, 2.05) is 0 Å². The van der Waals surface area contributed by atoms with Gasteiger partial charge in [0.1, 0.15) is 11.3 Å². The first-order valence-corrected chi connectivity index (χ1v) is 6.46. The summed E-state index contributed by atoms with van der Waals surface area (Å²) in [4.78, 5) is 33.5. The minimum absolute atomic E-state index is 0.00357. The zero-order valence-corrected chi connectivity index (χ0v) is 12.0. The Morgan fingerprint density at radius 2 is 1.91 bits per heavy atom. The molecule has 22 heavy (non-hydrogen) atoms. The van der Waals surface area contributed by atoms with E-state index in [1.165, 1.54) is 12.1 Å². The second-order valence-corrected chi connectivity index (χ2v) is 4.14. The zero-order valence-electron chi connectivity index (χ0n) is 12.0. The van der Waals surface area contributed by atoms with Crippen molar-refractivity contribution in [2.75, 3.05) is 13.2 Å². The molecule has 0 heterocycles. The van der Waals surface area contributed by atoms with Crippen LogP contribution in [0.15, 0.2) is 24.8 Å². The van der Waals surface area contributed by atoms with Crippen LogP contribution < -0.4 is 4.74 Å². The van der Waals surface area contributed by atoms with Gasteiger partial charge in [-0.2, -0.15) is 0 Å². The van der Waals surface area contributed by atoms with E-state index in [0.717, 1.165) is 6.08 Å². The molecular formula is C15H16O7. The highest BCUT2D eigenvalue weighted by Gasteiger charge is 2.24. The molecule has 0 saturated carbocycles. The lowest BCUT2D eigenvalue weighted by atomic mass is 10.0. The molecule has 0 saturated heterocycles. The first-order valence-electron chi connectivity index (χ1n) is 6.46. The van der Waals surface area contributed by atoms with Crippen LogP contribution in [-0.4, -0.2) is 41.3 Å². The highest BCUT2D eigenvalue weighted by atomic mass is 16.5. The Kier molecular flexibility index (Phi) is 6.12. The lowest BCUT2D eigenvalue weighted by molar-refractivity contribution is -0.137. The van der Waals surface area contributed by atoms with E-state index >= 15 is 0 Å². The van der Waals surface area contributed by atoms with Gasteiger partial charge in [0.15, 0.2) is 0 Å². The van der Waals surface area contributed by atoms with Crippen molar-refractivity contribution in [3.05, 3.63) is 41.5 Å². The van der Waals surface area contributed by atoms with Crippen LogP contribution in [0.3, 0.4) is 0 Å². The fourth-order valence-electron chi connectivity index (χ4n) is 1.84. The minimum Gasteiger partial charge on any atom is -0.493 e. The van der Waals surface area contributed by atoms with Crippen LogP contribution in [0.2, 0.25) is 0 Å². The number of carbonyl (C=O) groups excluding carboxylic acids is 1. The van der Waals surface area contributed by atoms with Crippen molar-refractivity contribution in [2.24, 2.45) is 0 Å². The number of aromatic carboxylic acids is 2. The lowest BCUT2D eigenvalue weighted by Gasteiger charge is -2.15. The molecule has 1 rings (SSSR count). The van der Waals surface area contributed by atoms with Crippen molar-refractivity contribution < 1.29 is 34.1 Å². The Balaban J connectivity index is 3.19. The Morgan fingerprint density at radius 1 is 1.23 bits per heavy atom. The summed E-state index contributed by atoms with van der Waals surface area (Å²) in [6.07, 6.45) is 1.20. The average Bonchev–Trinajstić information content (AvgIpc) is 2.47. The van der Waals surface area contributed by atoms with Crippen molar-refractivity contribution in [1.29, 1.82) is 0 Å². The van der Waals surface area contributed by atoms with E-state index in [4.69, 9.17) is 14.6 Å². The van der Waals surface area contributed by atoms with Gasteiger partial charge in [-0.3, -0.25) is 0 Å². The van der Waals surface area contributed by atoms with E-state index < -0.39 is 23.5 Å². The van der Waals surface area contributed by atoms with Crippen molar-refractivity contribution in [2.45, 2.75) is 13.3 Å². The van der Waals surface area contributed by atoms with E-state index in [0.29, 0.717) is 5.56 Å². The molecule has 0 bridgehead atoms. The second kappa shape index (κ2) is 7.82. The van der Waals surface area contributed by atoms with Crippen LogP contribution in [0.5, 0.6) is 5.75 Å². The number of carbonyl (C=O) groups is 3. The summed E-state index contributed by atoms with van der Waals surface area (Å²) < 4.78 is 10.1. The fourth-order valence-corrected chi connectivity index (χ4v) is 1.84. The third kappa shape index (κ3) is 4.08. The monoisotopic (exact) mass is 308 g/mol. The summed E-state index contributed by atoms with van der Waals surface area (Å²) in [5, 5.41) is 18.3. The summed E-state index contributed by atoms with van der Waals surface area (Å²) in [6.45, 7) is 5.08. The van der Waals surface area contributed by atoms with Gasteiger partial charge in [0, 0.05) is 12.5 Å². The number of hydrogen-bond donors (Lipinski definition) is 2. The summed E-state index contributed by atoms with van der Waals surface area (Å²) in [5.74, 6) is -3.38. The minimum atomic E-state index is -1.40. The average molecular weight is 308 g/mol. The van der Waals surface area contributed by atoms with E-state index in [-0.39, 0.29) is 30.9 Å². The SMILES string of the molecule is C=CC(=O)OCCc1ccc(C(=O)O)c(C(=O)O)c1OCC. The number of hydrogen-bond acceptors (Lipinski definition) is 5. The Bertz CT molecular complexity index is 604. The third-order valence-electron chi connectivity index (χ3n) is 2.75. The predicted octanol–water partition coefficient (Wildman–Crippen LogP) is 1.75. The fraction of sp³-hybridized carbons (Fsp3) is 0.267. The number of ether oxygens (including phenoxy) is 2. The maximum Gasteiger partial charge on any atom is 0.340 e. The van der Waals surface area contributed by atoms with Gasteiger partial charge in [0.25, 0.3) is 0 Å². The lowest BCUT2D eigenvalue weighted by Crippen LogP contribution is -2.14.